The molecule has 1 aliphatic heterocycles. The second-order valence-electron chi connectivity index (χ2n) is 8.14. The van der Waals surface area contributed by atoms with Gasteiger partial charge in [-0.25, -0.2) is 13.1 Å². The van der Waals surface area contributed by atoms with Gasteiger partial charge in [0.2, 0.25) is 16.8 Å². The summed E-state index contributed by atoms with van der Waals surface area (Å²) in [6.07, 6.45) is 0. The fourth-order valence-corrected chi connectivity index (χ4v) is 4.75. The molecule has 1 unspecified atom stereocenters. The van der Waals surface area contributed by atoms with Crippen molar-refractivity contribution in [3.05, 3.63) is 89.5 Å². The van der Waals surface area contributed by atoms with E-state index in [4.69, 9.17) is 9.47 Å². The van der Waals surface area contributed by atoms with Crippen LogP contribution in [-0.4, -0.2) is 46.7 Å². The Labute approximate surface area is 199 Å². The minimum absolute atomic E-state index is 0.0135. The van der Waals surface area contributed by atoms with E-state index in [1.807, 2.05) is 49.3 Å². The molecule has 1 atom stereocenters. The van der Waals surface area contributed by atoms with Gasteiger partial charge in [0.05, 0.1) is 10.9 Å². The largest absolute Gasteiger partial charge is 0.454 e. The van der Waals surface area contributed by atoms with E-state index < -0.39 is 10.0 Å². The van der Waals surface area contributed by atoms with Crippen molar-refractivity contribution in [2.75, 3.05) is 27.4 Å². The lowest BCUT2D eigenvalue weighted by atomic mass is 10.1. The zero-order valence-electron chi connectivity index (χ0n) is 19.0. The topological polar surface area (TPSA) is 97.0 Å². The number of sulfonamides is 1. The van der Waals surface area contributed by atoms with Crippen LogP contribution in [0.4, 0.5) is 0 Å². The van der Waals surface area contributed by atoms with Crippen molar-refractivity contribution in [2.24, 2.45) is 0 Å². The van der Waals surface area contributed by atoms with E-state index in [1.165, 1.54) is 12.1 Å². The number of hydrogen-bond acceptors (Lipinski definition) is 6. The van der Waals surface area contributed by atoms with Crippen molar-refractivity contribution in [1.29, 1.82) is 0 Å². The molecule has 8 nitrogen and oxygen atoms in total. The summed E-state index contributed by atoms with van der Waals surface area (Å²) in [5, 5.41) is 2.92. The van der Waals surface area contributed by atoms with E-state index >= 15 is 0 Å². The number of carbonyl (C=O) groups is 1. The number of hydrogen-bond donors (Lipinski definition) is 2. The first-order chi connectivity index (χ1) is 16.3. The predicted octanol–water partition coefficient (Wildman–Crippen LogP) is 2.93. The SMILES string of the molecule is CN(C)C(CNC(=O)c1cccc(S(=O)(=O)NCc2ccc3c(c2)OCO3)c1)c1ccccc1. The molecule has 0 aromatic heterocycles. The highest BCUT2D eigenvalue weighted by Gasteiger charge is 2.19. The van der Waals surface area contributed by atoms with Gasteiger partial charge < -0.3 is 19.7 Å². The summed E-state index contributed by atoms with van der Waals surface area (Å²) in [5.41, 5.74) is 2.09. The zero-order valence-corrected chi connectivity index (χ0v) is 19.8. The smallest absolute Gasteiger partial charge is 0.251 e. The highest BCUT2D eigenvalue weighted by Crippen LogP contribution is 2.32. The third-order valence-corrected chi connectivity index (χ3v) is 6.97. The monoisotopic (exact) mass is 481 g/mol. The molecule has 0 spiro atoms. The molecule has 0 radical (unpaired) electrons. The van der Waals surface area contributed by atoms with Crippen molar-refractivity contribution in [3.8, 4) is 11.5 Å². The molecule has 4 rings (SSSR count). The van der Waals surface area contributed by atoms with Gasteiger partial charge in [-0.05, 0) is 55.6 Å². The maximum Gasteiger partial charge on any atom is 0.251 e. The van der Waals surface area contributed by atoms with Gasteiger partial charge in [0, 0.05) is 18.7 Å². The first-order valence-electron chi connectivity index (χ1n) is 10.8. The number of fused-ring (bicyclic) bond motifs is 1. The van der Waals surface area contributed by atoms with Gasteiger partial charge in [0.25, 0.3) is 5.91 Å². The normalized spacial score (nSPS) is 13.6. The molecule has 3 aromatic carbocycles. The summed E-state index contributed by atoms with van der Waals surface area (Å²) >= 11 is 0. The summed E-state index contributed by atoms with van der Waals surface area (Å²) in [7, 11) is 0.0680. The second kappa shape index (κ2) is 10.3. The van der Waals surface area contributed by atoms with Crippen LogP contribution in [0, 0.1) is 0 Å². The second-order valence-corrected chi connectivity index (χ2v) is 9.91. The van der Waals surface area contributed by atoms with Crippen molar-refractivity contribution < 1.29 is 22.7 Å². The Morgan fingerprint density at radius 1 is 0.971 bits per heavy atom. The molecular weight excluding hydrogens is 454 g/mol. The number of carbonyl (C=O) groups excluding carboxylic acids is 1. The standard InChI is InChI=1S/C25H27N3O5S/c1-28(2)22(19-7-4-3-5-8-19)16-26-25(29)20-9-6-10-21(14-20)34(30,31)27-15-18-11-12-23-24(13-18)33-17-32-23/h3-14,22,27H,15-17H2,1-2H3,(H,26,29). The van der Waals surface area contributed by atoms with Gasteiger partial charge in [-0.2, -0.15) is 0 Å². The Hall–Kier alpha value is -3.40. The van der Waals surface area contributed by atoms with E-state index in [9.17, 15) is 13.2 Å². The zero-order chi connectivity index (χ0) is 24.1. The Morgan fingerprint density at radius 3 is 2.50 bits per heavy atom. The molecular formula is C25H27N3O5S. The molecule has 34 heavy (non-hydrogen) atoms. The van der Waals surface area contributed by atoms with Gasteiger partial charge in [-0.15, -0.1) is 0 Å². The van der Waals surface area contributed by atoms with Crippen LogP contribution in [0.1, 0.15) is 27.5 Å². The summed E-state index contributed by atoms with van der Waals surface area (Å²) in [6.45, 7) is 0.617. The Kier molecular flexibility index (Phi) is 7.16. The lowest BCUT2D eigenvalue weighted by Crippen LogP contribution is -2.34. The van der Waals surface area contributed by atoms with Crippen LogP contribution >= 0.6 is 0 Å². The van der Waals surface area contributed by atoms with Crippen LogP contribution in [0.15, 0.2) is 77.7 Å². The van der Waals surface area contributed by atoms with Crippen LogP contribution in [0.5, 0.6) is 11.5 Å². The van der Waals surface area contributed by atoms with Crippen molar-refractivity contribution >= 4 is 15.9 Å². The van der Waals surface area contributed by atoms with E-state index in [0.29, 0.717) is 18.0 Å². The average molecular weight is 482 g/mol. The molecule has 1 heterocycles. The van der Waals surface area contributed by atoms with Crippen LogP contribution < -0.4 is 19.5 Å². The summed E-state index contributed by atoms with van der Waals surface area (Å²) in [6, 6.07) is 21.1. The fraction of sp³-hybridized carbons (Fsp3) is 0.240. The average Bonchev–Trinajstić information content (AvgIpc) is 3.31. The molecule has 1 amide bonds. The first-order valence-corrected chi connectivity index (χ1v) is 12.3. The van der Waals surface area contributed by atoms with Crippen molar-refractivity contribution in [1.82, 2.24) is 14.9 Å². The van der Waals surface area contributed by atoms with Gasteiger partial charge in [0.15, 0.2) is 11.5 Å². The highest BCUT2D eigenvalue weighted by molar-refractivity contribution is 7.89. The predicted molar refractivity (Wildman–Crippen MR) is 128 cm³/mol. The van der Waals surface area contributed by atoms with Gasteiger partial charge in [-0.1, -0.05) is 42.5 Å². The van der Waals surface area contributed by atoms with Crippen molar-refractivity contribution in [3.63, 3.8) is 0 Å². The summed E-state index contributed by atoms with van der Waals surface area (Å²) < 4.78 is 38.9. The van der Waals surface area contributed by atoms with Gasteiger partial charge >= 0.3 is 0 Å². The molecule has 0 aliphatic carbocycles. The number of amides is 1. The minimum Gasteiger partial charge on any atom is -0.454 e. The minimum atomic E-state index is -3.83. The number of benzene rings is 3. The van der Waals surface area contributed by atoms with Gasteiger partial charge in [-0.3, -0.25) is 4.79 Å². The van der Waals surface area contributed by atoms with Crippen LogP contribution in [0.2, 0.25) is 0 Å². The molecule has 0 saturated carbocycles. The molecule has 1 aliphatic rings. The molecule has 0 saturated heterocycles. The number of nitrogens with zero attached hydrogens (tertiary/aromatic N) is 1. The highest BCUT2D eigenvalue weighted by atomic mass is 32.2. The fourth-order valence-electron chi connectivity index (χ4n) is 3.68. The molecule has 178 valence electrons. The molecule has 3 aromatic rings. The number of rotatable bonds is 9. The Balaban J connectivity index is 1.41. The Bertz CT molecular complexity index is 1260. The maximum absolute atomic E-state index is 12.8. The molecule has 9 heteroatoms. The number of nitrogens with one attached hydrogen (secondary N) is 2. The quantitative estimate of drug-likeness (QED) is 0.488. The van der Waals surface area contributed by atoms with Crippen LogP contribution in [-0.2, 0) is 16.6 Å². The first kappa shape index (κ1) is 23.7. The molecule has 0 bridgehead atoms. The van der Waals surface area contributed by atoms with E-state index in [2.05, 4.69) is 10.0 Å². The van der Waals surface area contributed by atoms with Crippen LogP contribution in [0.3, 0.4) is 0 Å². The van der Waals surface area contributed by atoms with Crippen molar-refractivity contribution in [2.45, 2.75) is 17.5 Å². The summed E-state index contributed by atoms with van der Waals surface area (Å²) in [5.74, 6) is 0.881. The lowest BCUT2D eigenvalue weighted by molar-refractivity contribution is 0.0941. The Morgan fingerprint density at radius 2 is 1.74 bits per heavy atom. The van der Waals surface area contributed by atoms with E-state index in [0.717, 1.165) is 11.1 Å². The van der Waals surface area contributed by atoms with E-state index in [1.54, 1.807) is 30.3 Å². The summed E-state index contributed by atoms with van der Waals surface area (Å²) in [4.78, 5) is 14.8. The number of ether oxygens (including phenoxy) is 2. The third kappa shape index (κ3) is 5.56. The maximum atomic E-state index is 12.8. The molecule has 0 fully saturated rings. The van der Waals surface area contributed by atoms with E-state index in [-0.39, 0.29) is 35.7 Å². The molecule has 2 N–H and O–H groups in total. The number of likely N-dealkylation sites (N-methyl/N-ethyl adjacent to an activating group) is 1. The van der Waals surface area contributed by atoms with Crippen LogP contribution in [0.25, 0.3) is 0 Å². The third-order valence-electron chi connectivity index (χ3n) is 5.57. The lowest BCUT2D eigenvalue weighted by Gasteiger charge is -2.25. The van der Waals surface area contributed by atoms with Gasteiger partial charge in [0.1, 0.15) is 0 Å².